The normalized spacial score (nSPS) is 16.9. The van der Waals surface area contributed by atoms with Gasteiger partial charge in [0.1, 0.15) is 5.76 Å². The summed E-state index contributed by atoms with van der Waals surface area (Å²) in [6, 6.07) is 0. The van der Waals surface area contributed by atoms with Crippen LogP contribution in [-0.2, 0) is 4.74 Å². The maximum atomic E-state index is 8.67. The minimum atomic E-state index is 0.207. The molecule has 1 aliphatic rings. The lowest BCUT2D eigenvalue weighted by Gasteiger charge is -2.15. The quantitative estimate of drug-likeness (QED) is 0.719. The number of allylic oxidation sites excluding steroid dienone is 1. The smallest absolute Gasteiger partial charge is 0.166 e. The Morgan fingerprint density at radius 1 is 1.50 bits per heavy atom. The van der Waals surface area contributed by atoms with Gasteiger partial charge in [-0.15, -0.1) is 0 Å². The fourth-order valence-electron chi connectivity index (χ4n) is 1.39. The van der Waals surface area contributed by atoms with Gasteiger partial charge in [0, 0.05) is 18.7 Å². The van der Waals surface area contributed by atoms with Crippen LogP contribution < -0.4 is 0 Å². The molecule has 0 aromatic rings. The Balaban J connectivity index is 2.54. The second-order valence-corrected chi connectivity index (χ2v) is 3.51. The molecule has 0 amide bonds. The summed E-state index contributed by atoms with van der Waals surface area (Å²) >= 11 is 5.94. The van der Waals surface area contributed by atoms with E-state index in [9.17, 15) is 0 Å². The van der Waals surface area contributed by atoms with Crippen molar-refractivity contribution in [2.45, 2.75) is 32.6 Å². The minimum Gasteiger partial charge on any atom is -0.495 e. The summed E-state index contributed by atoms with van der Waals surface area (Å²) in [5.41, 5.74) is 1.06. The molecule has 0 radical (unpaired) electrons. The van der Waals surface area contributed by atoms with Gasteiger partial charge in [-0.05, 0) is 26.2 Å². The number of hydrogen-bond acceptors (Lipinski definition) is 3. The number of aliphatic imine (C=N–C) groups is 1. The van der Waals surface area contributed by atoms with Gasteiger partial charge < -0.3 is 9.84 Å². The molecule has 0 aromatic heterocycles. The highest BCUT2D eigenvalue weighted by molar-refractivity contribution is 6.30. The molecule has 0 bridgehead atoms. The number of nitrogens with zero attached hydrogens (tertiary/aromatic N) is 1. The predicted molar refractivity (Wildman–Crippen MR) is 57.5 cm³/mol. The van der Waals surface area contributed by atoms with Crippen molar-refractivity contribution in [3.63, 3.8) is 0 Å². The summed E-state index contributed by atoms with van der Waals surface area (Å²) < 4.78 is 5.34. The second-order valence-electron chi connectivity index (χ2n) is 3.15. The number of ether oxygens (including phenoxy) is 1. The Kier molecular flexibility index (Phi) is 4.98. The molecule has 1 rings (SSSR count). The molecule has 0 aliphatic carbocycles. The largest absolute Gasteiger partial charge is 0.495 e. The molecule has 0 atom stereocenters. The van der Waals surface area contributed by atoms with Crippen LogP contribution in [0.15, 0.2) is 15.9 Å². The molecular weight excluding hydrogens is 202 g/mol. The Morgan fingerprint density at radius 3 is 2.86 bits per heavy atom. The lowest BCUT2D eigenvalue weighted by Crippen LogP contribution is -2.08. The van der Waals surface area contributed by atoms with Crippen LogP contribution in [0.4, 0.5) is 0 Å². The van der Waals surface area contributed by atoms with Gasteiger partial charge in [-0.25, -0.2) is 4.99 Å². The molecule has 14 heavy (non-hydrogen) atoms. The van der Waals surface area contributed by atoms with Crippen LogP contribution >= 0.6 is 11.6 Å². The molecule has 0 fully saturated rings. The van der Waals surface area contributed by atoms with Crippen LogP contribution in [0.2, 0.25) is 0 Å². The molecule has 0 spiro atoms. The lowest BCUT2D eigenvalue weighted by atomic mass is 10.1. The van der Waals surface area contributed by atoms with Gasteiger partial charge >= 0.3 is 0 Å². The summed E-state index contributed by atoms with van der Waals surface area (Å²) in [6.45, 7) is 2.77. The SMILES string of the molecule is CCOC1=C(Cl)N=C(CCCO)CC1. The molecule has 1 aliphatic heterocycles. The van der Waals surface area contributed by atoms with Crippen LogP contribution in [0.25, 0.3) is 0 Å². The van der Waals surface area contributed by atoms with E-state index in [1.54, 1.807) is 0 Å². The topological polar surface area (TPSA) is 41.8 Å². The van der Waals surface area contributed by atoms with Crippen molar-refractivity contribution in [3.05, 3.63) is 10.9 Å². The minimum absolute atomic E-state index is 0.207. The number of halogens is 1. The molecule has 1 heterocycles. The molecule has 0 saturated heterocycles. The third-order valence-corrected chi connectivity index (χ3v) is 2.36. The summed E-state index contributed by atoms with van der Waals surface area (Å²) in [4.78, 5) is 4.25. The van der Waals surface area contributed by atoms with E-state index in [4.69, 9.17) is 21.4 Å². The zero-order valence-corrected chi connectivity index (χ0v) is 9.18. The summed E-state index contributed by atoms with van der Waals surface area (Å²) in [6.07, 6.45) is 3.31. The fraction of sp³-hybridized carbons (Fsp3) is 0.700. The van der Waals surface area contributed by atoms with Gasteiger partial charge in [0.15, 0.2) is 5.16 Å². The number of aliphatic hydroxyl groups is 1. The van der Waals surface area contributed by atoms with E-state index >= 15 is 0 Å². The molecule has 3 nitrogen and oxygen atoms in total. The highest BCUT2D eigenvalue weighted by Gasteiger charge is 2.14. The molecule has 80 valence electrons. The van der Waals surface area contributed by atoms with E-state index in [0.29, 0.717) is 11.8 Å². The molecule has 4 heteroatoms. The lowest BCUT2D eigenvalue weighted by molar-refractivity contribution is 0.216. The van der Waals surface area contributed by atoms with Gasteiger partial charge in [0.2, 0.25) is 0 Å². The van der Waals surface area contributed by atoms with Crippen molar-refractivity contribution in [2.24, 2.45) is 4.99 Å². The zero-order chi connectivity index (χ0) is 10.4. The summed E-state index contributed by atoms with van der Waals surface area (Å²) in [5.74, 6) is 0.793. The van der Waals surface area contributed by atoms with Crippen LogP contribution in [-0.4, -0.2) is 24.0 Å². The monoisotopic (exact) mass is 217 g/mol. The average Bonchev–Trinajstić information content (AvgIpc) is 2.19. The van der Waals surface area contributed by atoms with Gasteiger partial charge in [0.25, 0.3) is 0 Å². The highest BCUT2D eigenvalue weighted by atomic mass is 35.5. The van der Waals surface area contributed by atoms with Crippen molar-refractivity contribution < 1.29 is 9.84 Å². The maximum Gasteiger partial charge on any atom is 0.166 e. The van der Waals surface area contributed by atoms with Crippen LogP contribution in [0, 0.1) is 0 Å². The predicted octanol–water partition coefficient (Wildman–Crippen LogP) is 2.44. The number of hydrogen-bond donors (Lipinski definition) is 1. The summed E-state index contributed by atoms with van der Waals surface area (Å²) in [7, 11) is 0. The summed E-state index contributed by atoms with van der Waals surface area (Å²) in [5, 5.41) is 9.15. The van der Waals surface area contributed by atoms with Crippen LogP contribution in [0.1, 0.15) is 32.6 Å². The van der Waals surface area contributed by atoms with Gasteiger partial charge in [-0.3, -0.25) is 0 Å². The first kappa shape index (κ1) is 11.5. The Labute approximate surface area is 89.4 Å². The van der Waals surface area contributed by atoms with Gasteiger partial charge in [-0.2, -0.15) is 0 Å². The van der Waals surface area contributed by atoms with Gasteiger partial charge in [0.05, 0.1) is 6.61 Å². The molecule has 0 aromatic carbocycles. The molecular formula is C10H16ClNO2. The van der Waals surface area contributed by atoms with Crippen LogP contribution in [0.3, 0.4) is 0 Å². The average molecular weight is 218 g/mol. The molecule has 0 saturated carbocycles. The van der Waals surface area contributed by atoms with E-state index < -0.39 is 0 Å². The second kappa shape index (κ2) is 6.04. The van der Waals surface area contributed by atoms with Gasteiger partial charge in [-0.1, -0.05) is 11.6 Å². The Morgan fingerprint density at radius 2 is 2.29 bits per heavy atom. The van der Waals surface area contributed by atoms with E-state index in [1.165, 1.54) is 0 Å². The third-order valence-electron chi connectivity index (χ3n) is 2.07. The maximum absolute atomic E-state index is 8.67. The van der Waals surface area contributed by atoms with Crippen molar-refractivity contribution >= 4 is 17.3 Å². The van der Waals surface area contributed by atoms with Crippen molar-refractivity contribution in [2.75, 3.05) is 13.2 Å². The first-order valence-corrected chi connectivity index (χ1v) is 5.34. The first-order chi connectivity index (χ1) is 6.77. The van der Waals surface area contributed by atoms with E-state index in [0.717, 1.165) is 37.2 Å². The highest BCUT2D eigenvalue weighted by Crippen LogP contribution is 2.24. The Bertz CT molecular complexity index is 249. The number of rotatable bonds is 5. The Hall–Kier alpha value is -0.540. The van der Waals surface area contributed by atoms with Crippen molar-refractivity contribution in [1.82, 2.24) is 0 Å². The van der Waals surface area contributed by atoms with Crippen molar-refractivity contribution in [3.8, 4) is 0 Å². The first-order valence-electron chi connectivity index (χ1n) is 4.96. The van der Waals surface area contributed by atoms with Crippen molar-refractivity contribution in [1.29, 1.82) is 0 Å². The number of aliphatic hydroxyl groups excluding tert-OH is 1. The molecule has 0 unspecified atom stereocenters. The van der Waals surface area contributed by atoms with E-state index in [-0.39, 0.29) is 6.61 Å². The van der Waals surface area contributed by atoms with E-state index in [2.05, 4.69) is 4.99 Å². The zero-order valence-electron chi connectivity index (χ0n) is 8.42. The fourth-order valence-corrected chi connectivity index (χ4v) is 1.66. The third kappa shape index (κ3) is 3.31. The van der Waals surface area contributed by atoms with E-state index in [1.807, 2.05) is 6.92 Å². The molecule has 1 N–H and O–H groups in total. The van der Waals surface area contributed by atoms with Crippen LogP contribution in [0.5, 0.6) is 0 Å². The standard InChI is InChI=1S/C10H16ClNO2/c1-2-14-9-6-5-8(4-3-7-13)12-10(9)11/h13H,2-7H2,1H3.